The molecule has 0 aromatic heterocycles. The van der Waals surface area contributed by atoms with E-state index in [1.54, 1.807) is 6.92 Å². The summed E-state index contributed by atoms with van der Waals surface area (Å²) in [7, 11) is 0. The number of hydrogen-bond acceptors (Lipinski definition) is 3. The molecular formula is C8H12O3. The number of carbonyl (C=O) groups excluding carboxylic acids is 2. The zero-order chi connectivity index (χ0) is 8.65. The maximum Gasteiger partial charge on any atom is 0.167 e. The van der Waals surface area contributed by atoms with Crippen molar-refractivity contribution in [3.05, 3.63) is 0 Å². The Morgan fingerprint density at radius 3 is 2.64 bits per heavy atom. The molecular weight excluding hydrogens is 144 g/mol. The minimum Gasteiger partial charge on any atom is -0.382 e. The molecule has 1 N–H and O–H groups in total. The molecule has 0 heterocycles. The number of aliphatic hydroxyl groups is 1. The molecule has 62 valence electrons. The second-order valence-corrected chi connectivity index (χ2v) is 3.38. The minimum absolute atomic E-state index is 0.0177. The lowest BCUT2D eigenvalue weighted by Gasteiger charge is -2.39. The lowest BCUT2D eigenvalue weighted by atomic mass is 9.68. The summed E-state index contributed by atoms with van der Waals surface area (Å²) in [6, 6.07) is 0. The lowest BCUT2D eigenvalue weighted by molar-refractivity contribution is -0.162. The molecule has 0 spiro atoms. The summed E-state index contributed by atoms with van der Waals surface area (Å²) in [5.74, 6) is -0.389. The van der Waals surface area contributed by atoms with Crippen LogP contribution in [0.3, 0.4) is 0 Å². The van der Waals surface area contributed by atoms with Gasteiger partial charge in [0.05, 0.1) is 0 Å². The molecule has 1 fully saturated rings. The Kier molecular flexibility index (Phi) is 1.84. The molecule has 0 aromatic rings. The predicted octanol–water partition coefficient (Wildman–Crippen LogP) is 0.305. The average molecular weight is 156 g/mol. The Bertz CT molecular complexity index is 209. The summed E-state index contributed by atoms with van der Waals surface area (Å²) in [6.45, 7) is 3.14. The van der Waals surface area contributed by atoms with Crippen LogP contribution in [0.2, 0.25) is 0 Å². The van der Waals surface area contributed by atoms with E-state index in [0.717, 1.165) is 0 Å². The van der Waals surface area contributed by atoms with Gasteiger partial charge in [-0.1, -0.05) is 6.92 Å². The van der Waals surface area contributed by atoms with Crippen molar-refractivity contribution in [3.8, 4) is 0 Å². The maximum absolute atomic E-state index is 11.0. The van der Waals surface area contributed by atoms with E-state index in [4.69, 9.17) is 0 Å². The third kappa shape index (κ3) is 1.33. The van der Waals surface area contributed by atoms with Crippen molar-refractivity contribution in [3.63, 3.8) is 0 Å². The highest BCUT2D eigenvalue weighted by atomic mass is 16.3. The maximum atomic E-state index is 11.0. The van der Waals surface area contributed by atoms with E-state index >= 15 is 0 Å². The fraction of sp³-hybridized carbons (Fsp3) is 0.750. The molecule has 0 unspecified atom stereocenters. The lowest BCUT2D eigenvalue weighted by Crippen LogP contribution is -2.54. The summed E-state index contributed by atoms with van der Waals surface area (Å²) in [5.41, 5.74) is -1.31. The van der Waals surface area contributed by atoms with Crippen molar-refractivity contribution in [2.45, 2.75) is 32.3 Å². The third-order valence-electron chi connectivity index (χ3n) is 2.09. The summed E-state index contributed by atoms with van der Waals surface area (Å²) < 4.78 is 0. The first-order valence-electron chi connectivity index (χ1n) is 3.72. The molecule has 0 radical (unpaired) electrons. The van der Waals surface area contributed by atoms with Crippen LogP contribution in [-0.2, 0) is 9.59 Å². The normalized spacial score (nSPS) is 36.6. The monoisotopic (exact) mass is 156 g/mol. The topological polar surface area (TPSA) is 54.4 Å². The van der Waals surface area contributed by atoms with Crippen molar-refractivity contribution in [2.75, 3.05) is 0 Å². The predicted molar refractivity (Wildman–Crippen MR) is 39.0 cm³/mol. The van der Waals surface area contributed by atoms with Gasteiger partial charge in [-0.25, -0.2) is 0 Å². The van der Waals surface area contributed by atoms with Crippen LogP contribution in [0.4, 0.5) is 0 Å². The van der Waals surface area contributed by atoms with Gasteiger partial charge >= 0.3 is 0 Å². The number of hydrogen-bond donors (Lipinski definition) is 1. The Balaban J connectivity index is 2.58. The van der Waals surface area contributed by atoms with Crippen LogP contribution in [0.1, 0.15) is 26.7 Å². The first-order chi connectivity index (χ1) is 4.96. The zero-order valence-electron chi connectivity index (χ0n) is 6.76. The number of ketones is 2. The Hall–Kier alpha value is -0.700. The zero-order valence-corrected chi connectivity index (χ0v) is 6.76. The molecule has 0 aliphatic heterocycles. The largest absolute Gasteiger partial charge is 0.382 e. The van der Waals surface area contributed by atoms with Crippen LogP contribution in [0.15, 0.2) is 0 Å². The average Bonchev–Trinajstić information content (AvgIpc) is 1.85. The second-order valence-electron chi connectivity index (χ2n) is 3.38. The van der Waals surface area contributed by atoms with Gasteiger partial charge in [-0.15, -0.1) is 0 Å². The molecule has 0 amide bonds. The molecule has 1 aliphatic rings. The molecule has 1 saturated carbocycles. The van der Waals surface area contributed by atoms with E-state index in [1.165, 1.54) is 6.92 Å². The van der Waals surface area contributed by atoms with E-state index in [0.29, 0.717) is 6.42 Å². The number of rotatable bonds is 2. The summed E-state index contributed by atoms with van der Waals surface area (Å²) in [4.78, 5) is 21.6. The molecule has 3 heteroatoms. The Morgan fingerprint density at radius 2 is 2.36 bits per heavy atom. The standard InChI is InChI=1S/C8H12O3/c1-5-3-8(11,7(5)10)4-6(2)9/h5,11H,3-4H2,1-2H3/t5-,8+/m1/s1. The molecule has 0 aromatic carbocycles. The van der Waals surface area contributed by atoms with Crippen LogP contribution >= 0.6 is 0 Å². The van der Waals surface area contributed by atoms with Crippen LogP contribution in [0.5, 0.6) is 0 Å². The highest BCUT2D eigenvalue weighted by Crippen LogP contribution is 2.36. The van der Waals surface area contributed by atoms with Crippen LogP contribution in [0.25, 0.3) is 0 Å². The fourth-order valence-electron chi connectivity index (χ4n) is 1.60. The van der Waals surface area contributed by atoms with E-state index in [9.17, 15) is 14.7 Å². The van der Waals surface area contributed by atoms with Crippen LogP contribution in [-0.4, -0.2) is 22.3 Å². The fourth-order valence-corrected chi connectivity index (χ4v) is 1.60. The number of carbonyl (C=O) groups is 2. The van der Waals surface area contributed by atoms with E-state index in [1.807, 2.05) is 0 Å². The SMILES string of the molecule is CC(=O)C[C@@]1(O)C[C@@H](C)C1=O. The molecule has 0 bridgehead atoms. The van der Waals surface area contributed by atoms with Crippen molar-refractivity contribution < 1.29 is 14.7 Å². The first-order valence-corrected chi connectivity index (χ1v) is 3.72. The highest BCUT2D eigenvalue weighted by Gasteiger charge is 2.50. The molecule has 3 nitrogen and oxygen atoms in total. The van der Waals surface area contributed by atoms with Crippen LogP contribution < -0.4 is 0 Å². The van der Waals surface area contributed by atoms with Gasteiger partial charge in [-0.05, 0) is 13.3 Å². The van der Waals surface area contributed by atoms with Crippen molar-refractivity contribution in [2.24, 2.45) is 5.92 Å². The van der Waals surface area contributed by atoms with Gasteiger partial charge in [0.25, 0.3) is 0 Å². The van der Waals surface area contributed by atoms with Crippen LogP contribution in [0, 0.1) is 5.92 Å². The Morgan fingerprint density at radius 1 is 1.82 bits per heavy atom. The second kappa shape index (κ2) is 2.41. The van der Waals surface area contributed by atoms with Gasteiger partial charge < -0.3 is 5.11 Å². The van der Waals surface area contributed by atoms with E-state index < -0.39 is 5.60 Å². The third-order valence-corrected chi connectivity index (χ3v) is 2.09. The molecule has 11 heavy (non-hydrogen) atoms. The Labute approximate surface area is 65.4 Å². The van der Waals surface area contributed by atoms with Gasteiger partial charge in [0.2, 0.25) is 0 Å². The van der Waals surface area contributed by atoms with E-state index in [-0.39, 0.29) is 23.9 Å². The molecule has 1 rings (SSSR count). The van der Waals surface area contributed by atoms with Crippen molar-refractivity contribution >= 4 is 11.6 Å². The quantitative estimate of drug-likeness (QED) is 0.625. The van der Waals surface area contributed by atoms with Gasteiger partial charge in [0.15, 0.2) is 5.78 Å². The minimum atomic E-state index is -1.31. The van der Waals surface area contributed by atoms with Gasteiger partial charge in [0.1, 0.15) is 11.4 Å². The van der Waals surface area contributed by atoms with Gasteiger partial charge in [-0.3, -0.25) is 9.59 Å². The number of Topliss-reactive ketones (excluding diaryl/α,β-unsaturated/α-hetero) is 2. The smallest absolute Gasteiger partial charge is 0.167 e. The van der Waals surface area contributed by atoms with Crippen molar-refractivity contribution in [1.29, 1.82) is 0 Å². The molecule has 1 aliphatic carbocycles. The van der Waals surface area contributed by atoms with Crippen molar-refractivity contribution in [1.82, 2.24) is 0 Å². The van der Waals surface area contributed by atoms with Gasteiger partial charge in [0, 0.05) is 12.3 Å². The summed E-state index contributed by atoms with van der Waals surface area (Å²) in [5, 5.41) is 9.45. The molecule has 2 atom stereocenters. The van der Waals surface area contributed by atoms with E-state index in [2.05, 4.69) is 0 Å². The molecule has 0 saturated heterocycles. The first kappa shape index (κ1) is 8.40. The van der Waals surface area contributed by atoms with Gasteiger partial charge in [-0.2, -0.15) is 0 Å². The summed E-state index contributed by atoms with van der Waals surface area (Å²) in [6.07, 6.45) is 0.418. The highest BCUT2D eigenvalue weighted by molar-refractivity contribution is 5.98. The summed E-state index contributed by atoms with van der Waals surface area (Å²) >= 11 is 0.